The lowest BCUT2D eigenvalue weighted by atomic mass is 10.0. The molecule has 1 aromatic heterocycles. The van der Waals surface area contributed by atoms with Gasteiger partial charge in [-0.15, -0.1) is 0 Å². The summed E-state index contributed by atoms with van der Waals surface area (Å²) in [6.07, 6.45) is 3.79. The van der Waals surface area contributed by atoms with Crippen LogP contribution in [0.15, 0.2) is 36.5 Å². The summed E-state index contributed by atoms with van der Waals surface area (Å²) < 4.78 is 17.2. The predicted octanol–water partition coefficient (Wildman–Crippen LogP) is 3.25. The van der Waals surface area contributed by atoms with Crippen LogP contribution in [0.25, 0.3) is 0 Å². The van der Waals surface area contributed by atoms with Gasteiger partial charge in [-0.2, -0.15) is 0 Å². The summed E-state index contributed by atoms with van der Waals surface area (Å²) in [6, 6.07) is 9.44. The van der Waals surface area contributed by atoms with Crippen LogP contribution < -0.4 is 10.1 Å². The van der Waals surface area contributed by atoms with Crippen LogP contribution in [0.3, 0.4) is 0 Å². The summed E-state index contributed by atoms with van der Waals surface area (Å²) in [7, 11) is 2.07. The molecule has 0 aliphatic carbocycles. The number of piperidine rings is 1. The molecule has 0 radical (unpaired) electrons. The van der Waals surface area contributed by atoms with E-state index in [-0.39, 0.29) is 24.1 Å². The molecule has 3 atom stereocenters. The van der Waals surface area contributed by atoms with Gasteiger partial charge in [0.05, 0.1) is 12.6 Å². The highest BCUT2D eigenvalue weighted by atomic mass is 35.5. The van der Waals surface area contributed by atoms with Crippen LogP contribution in [0.5, 0.6) is 5.75 Å². The largest absolute Gasteiger partial charge is 0.490 e. The van der Waals surface area contributed by atoms with E-state index in [1.807, 2.05) is 12.1 Å². The Morgan fingerprint density at radius 3 is 2.89 bits per heavy atom. The van der Waals surface area contributed by atoms with Crippen molar-refractivity contribution in [3.63, 3.8) is 0 Å². The lowest BCUT2D eigenvalue weighted by Crippen LogP contribution is -2.44. The van der Waals surface area contributed by atoms with Crippen LogP contribution in [-0.4, -0.2) is 78.4 Å². The zero-order chi connectivity index (χ0) is 25.1. The number of likely N-dealkylation sites (N-methyl/N-ethyl adjacent to an activating group) is 1. The van der Waals surface area contributed by atoms with Crippen molar-refractivity contribution in [2.24, 2.45) is 0 Å². The van der Waals surface area contributed by atoms with Crippen molar-refractivity contribution in [2.75, 3.05) is 33.4 Å². The molecule has 1 N–H and O–H groups in total. The first-order valence-electron chi connectivity index (χ1n) is 12.4. The Labute approximate surface area is 215 Å². The summed E-state index contributed by atoms with van der Waals surface area (Å²) >= 11 is 5.95. The fourth-order valence-electron chi connectivity index (χ4n) is 4.91. The van der Waals surface area contributed by atoms with Crippen molar-refractivity contribution >= 4 is 23.6 Å². The topological polar surface area (TPSA) is 93.2 Å². The Kier molecular flexibility index (Phi) is 7.59. The number of benzene rings is 1. The van der Waals surface area contributed by atoms with Crippen LogP contribution in [0.4, 0.5) is 4.79 Å². The smallest absolute Gasteiger partial charge is 0.410 e. The normalized spacial score (nSPS) is 23.5. The number of carbonyl (C=O) groups is 2. The highest BCUT2D eigenvalue weighted by molar-refractivity contribution is 6.30. The molecule has 3 fully saturated rings. The SMILES string of the molecule is CN(Cc1cnc(C(=O)NCc2ccc(Cl)cc2)cc1O[C@H]1CCN2C(=O)OC[C@@H]2C1)[C@H]1CCOC1. The van der Waals surface area contributed by atoms with Crippen molar-refractivity contribution in [2.45, 2.75) is 50.5 Å². The lowest BCUT2D eigenvalue weighted by Gasteiger charge is -2.33. The first-order chi connectivity index (χ1) is 17.5. The van der Waals surface area contributed by atoms with Crippen molar-refractivity contribution in [1.82, 2.24) is 20.1 Å². The first kappa shape index (κ1) is 24.8. The van der Waals surface area contributed by atoms with Crippen LogP contribution in [-0.2, 0) is 22.6 Å². The van der Waals surface area contributed by atoms with Crippen LogP contribution in [0, 0.1) is 0 Å². The van der Waals surface area contributed by atoms with Crippen molar-refractivity contribution in [3.05, 3.63) is 58.4 Å². The fourth-order valence-corrected chi connectivity index (χ4v) is 5.04. The Bertz CT molecular complexity index is 1090. The Hall–Kier alpha value is -2.88. The summed E-state index contributed by atoms with van der Waals surface area (Å²) in [5.74, 6) is 0.375. The van der Waals surface area contributed by atoms with Crippen molar-refractivity contribution in [3.8, 4) is 5.75 Å². The van der Waals surface area contributed by atoms with Gasteiger partial charge in [0.25, 0.3) is 5.91 Å². The number of halogens is 1. The minimum Gasteiger partial charge on any atom is -0.490 e. The minimum atomic E-state index is -0.275. The van der Waals surface area contributed by atoms with Gasteiger partial charge in [0.15, 0.2) is 0 Å². The number of fused-ring (bicyclic) bond motifs is 1. The van der Waals surface area contributed by atoms with E-state index in [1.54, 1.807) is 29.3 Å². The number of hydrogen-bond donors (Lipinski definition) is 1. The third-order valence-electron chi connectivity index (χ3n) is 7.09. The minimum absolute atomic E-state index is 0.0296. The monoisotopic (exact) mass is 514 g/mol. The third kappa shape index (κ3) is 5.74. The zero-order valence-corrected chi connectivity index (χ0v) is 21.1. The van der Waals surface area contributed by atoms with E-state index in [4.69, 9.17) is 25.8 Å². The molecule has 0 spiro atoms. The predicted molar refractivity (Wildman–Crippen MR) is 133 cm³/mol. The average molecular weight is 515 g/mol. The van der Waals surface area contributed by atoms with E-state index in [9.17, 15) is 9.59 Å². The maximum absolute atomic E-state index is 12.9. The number of amides is 2. The molecule has 0 unspecified atom stereocenters. The summed E-state index contributed by atoms with van der Waals surface area (Å²) in [4.78, 5) is 33.2. The van der Waals surface area contributed by atoms with E-state index >= 15 is 0 Å². The van der Waals surface area contributed by atoms with Crippen LogP contribution in [0.1, 0.15) is 40.9 Å². The highest BCUT2D eigenvalue weighted by Gasteiger charge is 2.39. The van der Waals surface area contributed by atoms with Gasteiger partial charge in [-0.1, -0.05) is 23.7 Å². The molecular weight excluding hydrogens is 484 g/mol. The second-order valence-corrected chi connectivity index (χ2v) is 10.0. The summed E-state index contributed by atoms with van der Waals surface area (Å²) in [6.45, 7) is 3.47. The molecule has 5 rings (SSSR count). The quantitative estimate of drug-likeness (QED) is 0.578. The zero-order valence-electron chi connectivity index (χ0n) is 20.3. The van der Waals surface area contributed by atoms with E-state index in [0.717, 1.165) is 24.2 Å². The maximum Gasteiger partial charge on any atom is 0.410 e. The maximum atomic E-state index is 12.9. The molecule has 1 aromatic carbocycles. The molecule has 2 amide bonds. The van der Waals surface area contributed by atoms with Crippen molar-refractivity contribution < 1.29 is 23.8 Å². The van der Waals surface area contributed by atoms with Gasteiger partial charge < -0.3 is 24.4 Å². The number of cyclic esters (lactones) is 1. The van der Waals surface area contributed by atoms with Crippen molar-refractivity contribution in [1.29, 1.82) is 0 Å². The Morgan fingerprint density at radius 1 is 1.28 bits per heavy atom. The third-order valence-corrected chi connectivity index (χ3v) is 7.34. The van der Waals surface area contributed by atoms with Gasteiger partial charge in [0.1, 0.15) is 24.2 Å². The fraction of sp³-hybridized carbons (Fsp3) is 0.500. The molecule has 3 saturated heterocycles. The number of nitrogens with zero attached hydrogens (tertiary/aromatic N) is 3. The molecule has 3 aliphatic heterocycles. The van der Waals surface area contributed by atoms with Gasteiger partial charge >= 0.3 is 6.09 Å². The second-order valence-electron chi connectivity index (χ2n) is 9.61. The molecule has 0 saturated carbocycles. The molecular formula is C26H31ClN4O5. The van der Waals surface area contributed by atoms with Crippen LogP contribution >= 0.6 is 11.6 Å². The average Bonchev–Trinajstić information content (AvgIpc) is 3.55. The molecule has 2 aromatic rings. The van der Waals surface area contributed by atoms with Crippen LogP contribution in [0.2, 0.25) is 5.02 Å². The molecule has 0 bridgehead atoms. The number of pyridine rings is 1. The molecule has 36 heavy (non-hydrogen) atoms. The number of rotatable bonds is 8. The number of ether oxygens (including phenoxy) is 3. The van der Waals surface area contributed by atoms with Gasteiger partial charge in [-0.3, -0.25) is 14.7 Å². The van der Waals surface area contributed by atoms with E-state index in [0.29, 0.717) is 68.2 Å². The molecule has 3 aliphatic rings. The lowest BCUT2D eigenvalue weighted by molar-refractivity contribution is 0.0897. The summed E-state index contributed by atoms with van der Waals surface area (Å²) in [5.41, 5.74) is 2.16. The van der Waals surface area contributed by atoms with E-state index < -0.39 is 0 Å². The van der Waals surface area contributed by atoms with Gasteiger partial charge in [0.2, 0.25) is 0 Å². The Morgan fingerprint density at radius 2 is 2.11 bits per heavy atom. The van der Waals surface area contributed by atoms with E-state index in [1.165, 1.54) is 0 Å². The first-order valence-corrected chi connectivity index (χ1v) is 12.7. The molecule has 10 heteroatoms. The molecule has 4 heterocycles. The number of hydrogen-bond acceptors (Lipinski definition) is 7. The van der Waals surface area contributed by atoms with Gasteiger partial charge in [0, 0.05) is 68.0 Å². The number of nitrogens with one attached hydrogen (secondary N) is 1. The Balaban J connectivity index is 1.30. The summed E-state index contributed by atoms with van der Waals surface area (Å²) in [5, 5.41) is 3.57. The molecule has 192 valence electrons. The second kappa shape index (κ2) is 11.0. The standard InChI is InChI=1S/C26H31ClN4O5/c1-30(20-7-9-34-15-20)14-18-13-28-23(25(32)29-12-17-2-4-19(27)5-3-17)11-24(18)36-22-6-8-31-21(10-22)16-35-26(31)33/h2-5,11,13,20-22H,6-10,12,14-16H2,1H3,(H,29,32)/t20-,21-,22-/m0/s1. The number of carbonyl (C=O) groups excluding carboxylic acids is 2. The van der Waals surface area contributed by atoms with E-state index in [2.05, 4.69) is 22.2 Å². The van der Waals surface area contributed by atoms with Gasteiger partial charge in [-0.05, 0) is 31.2 Å². The van der Waals surface area contributed by atoms with Gasteiger partial charge in [-0.25, -0.2) is 4.79 Å². The highest BCUT2D eigenvalue weighted by Crippen LogP contribution is 2.30. The number of aromatic nitrogens is 1. The molecule has 9 nitrogen and oxygen atoms in total.